The van der Waals surface area contributed by atoms with Crippen LogP contribution in [0.15, 0.2) is 53.8 Å². The molecule has 7 heteroatoms. The van der Waals surface area contributed by atoms with Gasteiger partial charge in [0.1, 0.15) is 18.2 Å². The number of aromatic nitrogens is 1. The fourth-order valence-electron chi connectivity index (χ4n) is 3.22. The molecule has 150 valence electrons. The Labute approximate surface area is 165 Å². The first-order chi connectivity index (χ1) is 13.7. The van der Waals surface area contributed by atoms with Crippen LogP contribution in [0.2, 0.25) is 0 Å². The van der Waals surface area contributed by atoms with Gasteiger partial charge in [0.15, 0.2) is 5.96 Å². The highest BCUT2D eigenvalue weighted by Crippen LogP contribution is 2.20. The van der Waals surface area contributed by atoms with E-state index < -0.39 is 0 Å². The van der Waals surface area contributed by atoms with E-state index in [9.17, 15) is 4.39 Å². The number of nitrogens with one attached hydrogen (secondary N) is 2. The maximum absolute atomic E-state index is 13.4. The lowest BCUT2D eigenvalue weighted by molar-refractivity contribution is 0.327. The van der Waals surface area contributed by atoms with Crippen molar-refractivity contribution in [3.05, 3.63) is 54.6 Å². The fraction of sp³-hybridized carbons (Fsp3) is 0.429. The molecule has 6 nitrogen and oxygen atoms in total. The Morgan fingerprint density at radius 3 is 2.86 bits per heavy atom. The summed E-state index contributed by atoms with van der Waals surface area (Å²) in [7, 11) is 0. The van der Waals surface area contributed by atoms with Crippen LogP contribution in [-0.2, 0) is 0 Å². The summed E-state index contributed by atoms with van der Waals surface area (Å²) in [5.74, 6) is 1.37. The Balaban J connectivity index is 1.45. The van der Waals surface area contributed by atoms with Gasteiger partial charge < -0.3 is 20.3 Å². The van der Waals surface area contributed by atoms with Gasteiger partial charge in [-0.1, -0.05) is 6.07 Å². The summed E-state index contributed by atoms with van der Waals surface area (Å²) in [5, 5.41) is 6.80. The Kier molecular flexibility index (Phi) is 7.46. The summed E-state index contributed by atoms with van der Waals surface area (Å²) in [5.41, 5.74) is 0.951. The van der Waals surface area contributed by atoms with Crippen LogP contribution in [0.25, 0.3) is 0 Å². The average molecular weight is 385 g/mol. The van der Waals surface area contributed by atoms with E-state index in [0.29, 0.717) is 19.2 Å². The number of anilines is 1. The number of pyridine rings is 1. The Bertz CT molecular complexity index is 747. The highest BCUT2D eigenvalue weighted by Gasteiger charge is 2.20. The molecule has 2 N–H and O–H groups in total. The monoisotopic (exact) mass is 385 g/mol. The lowest BCUT2D eigenvalue weighted by Gasteiger charge is -2.34. The van der Waals surface area contributed by atoms with Crippen LogP contribution in [0.3, 0.4) is 0 Å². The first kappa shape index (κ1) is 19.9. The van der Waals surface area contributed by atoms with E-state index in [1.807, 2.05) is 18.2 Å². The van der Waals surface area contributed by atoms with Gasteiger partial charge in [0.25, 0.3) is 0 Å². The molecule has 0 amide bonds. The van der Waals surface area contributed by atoms with E-state index >= 15 is 0 Å². The van der Waals surface area contributed by atoms with Crippen LogP contribution in [0.5, 0.6) is 5.75 Å². The lowest BCUT2D eigenvalue weighted by atomic mass is 10.0. The highest BCUT2D eigenvalue weighted by atomic mass is 19.1. The summed E-state index contributed by atoms with van der Waals surface area (Å²) >= 11 is 0. The van der Waals surface area contributed by atoms with E-state index in [1.54, 1.807) is 24.5 Å². The predicted molar refractivity (Wildman–Crippen MR) is 110 cm³/mol. The Morgan fingerprint density at radius 2 is 2.14 bits per heavy atom. The summed E-state index contributed by atoms with van der Waals surface area (Å²) in [6.45, 7) is 5.70. The molecule has 1 aromatic heterocycles. The second-order valence-electron chi connectivity index (χ2n) is 6.68. The maximum atomic E-state index is 13.4. The molecule has 0 unspecified atom stereocenters. The highest BCUT2D eigenvalue weighted by molar-refractivity contribution is 5.80. The van der Waals surface area contributed by atoms with Crippen molar-refractivity contribution in [2.24, 2.45) is 4.99 Å². The molecule has 1 aromatic carbocycles. The minimum absolute atomic E-state index is 0.187. The molecule has 0 bridgehead atoms. The molecule has 1 aliphatic heterocycles. The molecule has 0 radical (unpaired) electrons. The molecule has 0 spiro atoms. The molecule has 2 aromatic rings. The van der Waals surface area contributed by atoms with Crippen molar-refractivity contribution in [1.29, 1.82) is 0 Å². The van der Waals surface area contributed by atoms with Crippen molar-refractivity contribution in [1.82, 2.24) is 15.6 Å². The number of hydrogen-bond acceptors (Lipinski definition) is 4. The molecule has 0 saturated carbocycles. The van der Waals surface area contributed by atoms with Gasteiger partial charge in [-0.15, -0.1) is 0 Å². The van der Waals surface area contributed by atoms with E-state index in [0.717, 1.165) is 49.9 Å². The normalized spacial score (nSPS) is 15.4. The van der Waals surface area contributed by atoms with Gasteiger partial charge in [-0.05, 0) is 50.1 Å². The van der Waals surface area contributed by atoms with Crippen molar-refractivity contribution in [2.75, 3.05) is 37.7 Å². The van der Waals surface area contributed by atoms with Crippen LogP contribution in [-0.4, -0.2) is 49.8 Å². The van der Waals surface area contributed by atoms with Crippen LogP contribution in [0.4, 0.5) is 10.1 Å². The van der Waals surface area contributed by atoms with E-state index in [-0.39, 0.29) is 5.82 Å². The Morgan fingerprint density at radius 1 is 1.29 bits per heavy atom. The number of guanidine groups is 1. The van der Waals surface area contributed by atoms with Crippen molar-refractivity contribution < 1.29 is 9.13 Å². The molecule has 2 heterocycles. The van der Waals surface area contributed by atoms with Gasteiger partial charge >= 0.3 is 0 Å². The zero-order valence-electron chi connectivity index (χ0n) is 16.3. The molecule has 1 saturated heterocycles. The summed E-state index contributed by atoms with van der Waals surface area (Å²) in [6, 6.07) is 10.9. The number of piperidine rings is 1. The van der Waals surface area contributed by atoms with Crippen molar-refractivity contribution in [2.45, 2.75) is 25.8 Å². The summed E-state index contributed by atoms with van der Waals surface area (Å²) in [4.78, 5) is 10.9. The van der Waals surface area contributed by atoms with Gasteiger partial charge in [-0.25, -0.2) is 9.38 Å². The fourth-order valence-corrected chi connectivity index (χ4v) is 3.22. The van der Waals surface area contributed by atoms with Gasteiger partial charge in [-0.2, -0.15) is 0 Å². The van der Waals surface area contributed by atoms with Crippen molar-refractivity contribution >= 4 is 11.6 Å². The molecule has 1 aliphatic rings. The number of rotatable bonds is 7. The molecule has 28 heavy (non-hydrogen) atoms. The molecular weight excluding hydrogens is 357 g/mol. The van der Waals surface area contributed by atoms with Gasteiger partial charge in [0.05, 0.1) is 12.7 Å². The van der Waals surface area contributed by atoms with E-state index in [1.165, 1.54) is 6.07 Å². The second kappa shape index (κ2) is 10.5. The standard InChI is InChI=1S/C21H28FN5O/c1-2-24-21(25-11-14-28-20-7-4-10-23-16-20)26-18-8-12-27(13-9-18)19-6-3-5-17(22)15-19/h3-7,10,15-16,18H,2,8-9,11-14H2,1H3,(H2,24,25,26). The molecule has 1 fully saturated rings. The first-order valence-electron chi connectivity index (χ1n) is 9.83. The van der Waals surface area contributed by atoms with Gasteiger partial charge in [0, 0.05) is 37.6 Å². The SMILES string of the molecule is CCNC(=NCCOc1cccnc1)NC1CCN(c2cccc(F)c2)CC1. The zero-order chi connectivity index (χ0) is 19.6. The van der Waals surface area contributed by atoms with E-state index in [4.69, 9.17) is 4.74 Å². The minimum atomic E-state index is -0.187. The summed E-state index contributed by atoms with van der Waals surface area (Å²) in [6.07, 6.45) is 5.37. The molecule has 3 rings (SSSR count). The third kappa shape index (κ3) is 6.11. The van der Waals surface area contributed by atoms with Crippen LogP contribution in [0, 0.1) is 5.82 Å². The van der Waals surface area contributed by atoms with Crippen molar-refractivity contribution in [3.63, 3.8) is 0 Å². The number of benzene rings is 1. The summed E-state index contributed by atoms with van der Waals surface area (Å²) < 4.78 is 19.1. The van der Waals surface area contributed by atoms with Crippen LogP contribution < -0.4 is 20.3 Å². The number of nitrogens with zero attached hydrogens (tertiary/aromatic N) is 3. The average Bonchev–Trinajstić information content (AvgIpc) is 2.72. The number of ether oxygens (including phenoxy) is 1. The third-order valence-electron chi connectivity index (χ3n) is 4.62. The third-order valence-corrected chi connectivity index (χ3v) is 4.62. The minimum Gasteiger partial charge on any atom is -0.490 e. The molecular formula is C21H28FN5O. The molecule has 0 atom stereocenters. The zero-order valence-corrected chi connectivity index (χ0v) is 16.3. The smallest absolute Gasteiger partial charge is 0.191 e. The van der Waals surface area contributed by atoms with Crippen LogP contribution >= 0.6 is 0 Å². The van der Waals surface area contributed by atoms with Gasteiger partial charge in [-0.3, -0.25) is 4.98 Å². The maximum Gasteiger partial charge on any atom is 0.191 e. The first-order valence-corrected chi connectivity index (χ1v) is 9.83. The number of halogens is 1. The predicted octanol–water partition coefficient (Wildman–Crippen LogP) is 2.82. The Hall–Kier alpha value is -2.83. The quantitative estimate of drug-likeness (QED) is 0.436. The van der Waals surface area contributed by atoms with Crippen LogP contribution in [0.1, 0.15) is 19.8 Å². The molecule has 0 aliphatic carbocycles. The van der Waals surface area contributed by atoms with Gasteiger partial charge in [0.2, 0.25) is 0 Å². The second-order valence-corrected chi connectivity index (χ2v) is 6.68. The topological polar surface area (TPSA) is 61.8 Å². The number of hydrogen-bond donors (Lipinski definition) is 2. The van der Waals surface area contributed by atoms with Crippen molar-refractivity contribution in [3.8, 4) is 5.75 Å². The largest absolute Gasteiger partial charge is 0.490 e. The lowest BCUT2D eigenvalue weighted by Crippen LogP contribution is -2.48. The van der Waals surface area contributed by atoms with E-state index in [2.05, 4.69) is 32.4 Å². The number of aliphatic imine (C=N–C) groups is 1.